The summed E-state index contributed by atoms with van der Waals surface area (Å²) in [6.07, 6.45) is 3.86. The zero-order valence-corrected chi connectivity index (χ0v) is 17.3. The molecule has 1 unspecified atom stereocenters. The van der Waals surface area contributed by atoms with Crippen LogP contribution in [0.25, 0.3) is 27.6 Å². The summed E-state index contributed by atoms with van der Waals surface area (Å²) in [6.45, 7) is 6.14. The maximum Gasteiger partial charge on any atom is 0.341 e. The number of ether oxygens (including phenoxy) is 2. The molecule has 0 bridgehead atoms. The van der Waals surface area contributed by atoms with E-state index >= 15 is 0 Å². The van der Waals surface area contributed by atoms with Gasteiger partial charge in [0.2, 0.25) is 0 Å². The fourth-order valence-corrected chi connectivity index (χ4v) is 3.72. The van der Waals surface area contributed by atoms with Gasteiger partial charge in [-0.15, -0.1) is 0 Å². The summed E-state index contributed by atoms with van der Waals surface area (Å²) < 4.78 is 10.2. The van der Waals surface area contributed by atoms with Gasteiger partial charge < -0.3 is 14.9 Å². The Kier molecular flexibility index (Phi) is 5.78. The lowest BCUT2D eigenvalue weighted by Gasteiger charge is -2.12. The second-order valence-corrected chi connectivity index (χ2v) is 7.56. The molecule has 3 aromatic rings. The van der Waals surface area contributed by atoms with E-state index in [-0.39, 0.29) is 11.7 Å². The van der Waals surface area contributed by atoms with Gasteiger partial charge in [-0.1, -0.05) is 56.0 Å². The number of esters is 2. The maximum atomic E-state index is 12.7. The average molecular weight is 413 g/mol. The molecule has 5 nitrogen and oxygen atoms in total. The molecule has 1 atom stereocenters. The number of carbonyl (C=O) groups excluding carboxylic acids is 2. The number of benzene rings is 3. The van der Waals surface area contributed by atoms with Crippen molar-refractivity contribution in [1.29, 1.82) is 5.41 Å². The highest BCUT2D eigenvalue weighted by Gasteiger charge is 2.27. The number of fused-ring (bicyclic) bond motifs is 2. The third kappa shape index (κ3) is 4.32. The second kappa shape index (κ2) is 8.66. The van der Waals surface area contributed by atoms with Gasteiger partial charge in [-0.05, 0) is 45.7 Å². The molecule has 0 amide bonds. The zero-order chi connectivity index (χ0) is 22.0. The van der Waals surface area contributed by atoms with Crippen LogP contribution in [0.3, 0.4) is 0 Å². The lowest BCUT2D eigenvalue weighted by atomic mass is 9.93. The van der Waals surface area contributed by atoms with E-state index < -0.39 is 11.9 Å². The first-order valence-electron chi connectivity index (χ1n) is 10.2. The van der Waals surface area contributed by atoms with Crippen molar-refractivity contribution in [3.63, 3.8) is 0 Å². The molecule has 0 saturated carbocycles. The molecule has 1 aliphatic heterocycles. The van der Waals surface area contributed by atoms with Gasteiger partial charge in [0.1, 0.15) is 0 Å². The van der Waals surface area contributed by atoms with Crippen molar-refractivity contribution in [3.05, 3.63) is 77.4 Å². The van der Waals surface area contributed by atoms with E-state index in [1.54, 1.807) is 6.08 Å². The molecule has 156 valence electrons. The van der Waals surface area contributed by atoms with Crippen LogP contribution in [-0.4, -0.2) is 30.9 Å². The second-order valence-electron chi connectivity index (χ2n) is 7.56. The van der Waals surface area contributed by atoms with Crippen LogP contribution in [0.5, 0.6) is 0 Å². The standard InChI is InChI=1S/C26H23NO4/c1-3-17(26(29)31-25(28)16(2)11-21-15-30-21)12-19-8-6-9-20-13-18-7-4-5-10-22(18)23(14-27)24(19)20/h4-10,12-14,21,27H,2-3,11,15H2,1H3. The minimum Gasteiger partial charge on any atom is -0.386 e. The van der Waals surface area contributed by atoms with Gasteiger partial charge >= 0.3 is 11.9 Å². The predicted molar refractivity (Wildman–Crippen MR) is 122 cm³/mol. The quantitative estimate of drug-likeness (QED) is 0.144. The first-order valence-corrected chi connectivity index (χ1v) is 10.2. The maximum absolute atomic E-state index is 12.7. The monoisotopic (exact) mass is 413 g/mol. The summed E-state index contributed by atoms with van der Waals surface area (Å²) in [7, 11) is 0. The van der Waals surface area contributed by atoms with Crippen molar-refractivity contribution in [2.75, 3.05) is 6.61 Å². The van der Waals surface area contributed by atoms with Gasteiger partial charge in [0.05, 0.1) is 12.7 Å². The van der Waals surface area contributed by atoms with E-state index in [2.05, 4.69) is 12.6 Å². The normalized spacial score (nSPS) is 15.6. The highest BCUT2D eigenvalue weighted by Crippen LogP contribution is 2.31. The van der Waals surface area contributed by atoms with Gasteiger partial charge in [-0.25, -0.2) is 9.59 Å². The molecule has 1 N–H and O–H groups in total. The van der Waals surface area contributed by atoms with Crippen LogP contribution in [0.4, 0.5) is 0 Å². The summed E-state index contributed by atoms with van der Waals surface area (Å²) in [5.74, 6) is -1.40. The number of carbonyl (C=O) groups is 2. The van der Waals surface area contributed by atoms with Crippen molar-refractivity contribution in [2.45, 2.75) is 25.9 Å². The number of nitrogens with one attached hydrogen (secondary N) is 1. The minimum atomic E-state index is -0.719. The molecule has 5 heteroatoms. The fourth-order valence-electron chi connectivity index (χ4n) is 3.72. The molecule has 4 rings (SSSR count). The minimum absolute atomic E-state index is 0.00129. The van der Waals surface area contributed by atoms with Crippen LogP contribution < -0.4 is 0 Å². The SMILES string of the molecule is C=C(CC1CO1)C(=O)OC(=O)C(=Cc1cccc2cc3ccccc3c(C=N)c12)CC. The molecular formula is C26H23NO4. The summed E-state index contributed by atoms with van der Waals surface area (Å²) in [4.78, 5) is 24.9. The Balaban J connectivity index is 1.71. The smallest absolute Gasteiger partial charge is 0.341 e. The number of epoxide rings is 1. The Bertz CT molecular complexity index is 1250. The average Bonchev–Trinajstić information content (AvgIpc) is 3.59. The van der Waals surface area contributed by atoms with Crippen LogP contribution in [-0.2, 0) is 19.1 Å². The number of rotatable bonds is 7. The van der Waals surface area contributed by atoms with Crippen molar-refractivity contribution in [1.82, 2.24) is 0 Å². The van der Waals surface area contributed by atoms with Crippen LogP contribution >= 0.6 is 0 Å². The Morgan fingerprint density at radius 2 is 1.90 bits per heavy atom. The van der Waals surface area contributed by atoms with Crippen molar-refractivity contribution >= 4 is 45.8 Å². The van der Waals surface area contributed by atoms with Crippen LogP contribution in [0.2, 0.25) is 0 Å². The van der Waals surface area contributed by atoms with Crippen LogP contribution in [0.1, 0.15) is 30.9 Å². The van der Waals surface area contributed by atoms with Gasteiger partial charge in [-0.3, -0.25) is 0 Å². The van der Waals surface area contributed by atoms with Crippen molar-refractivity contribution < 1.29 is 19.1 Å². The molecule has 1 saturated heterocycles. The van der Waals surface area contributed by atoms with E-state index in [1.807, 2.05) is 49.4 Å². The van der Waals surface area contributed by atoms with E-state index in [9.17, 15) is 9.59 Å². The van der Waals surface area contributed by atoms with E-state index in [0.717, 1.165) is 32.7 Å². The highest BCUT2D eigenvalue weighted by atomic mass is 16.6. The van der Waals surface area contributed by atoms with Crippen LogP contribution in [0.15, 0.2) is 66.3 Å². The van der Waals surface area contributed by atoms with Gasteiger partial charge in [0, 0.05) is 29.3 Å². The van der Waals surface area contributed by atoms with Crippen molar-refractivity contribution in [2.24, 2.45) is 0 Å². The summed E-state index contributed by atoms with van der Waals surface area (Å²) in [5, 5.41) is 11.9. The Morgan fingerprint density at radius 3 is 2.61 bits per heavy atom. The first-order chi connectivity index (χ1) is 15.0. The lowest BCUT2D eigenvalue weighted by Crippen LogP contribution is -2.16. The molecule has 0 aliphatic carbocycles. The van der Waals surface area contributed by atoms with E-state index in [0.29, 0.717) is 25.0 Å². The molecule has 1 heterocycles. The van der Waals surface area contributed by atoms with E-state index in [1.165, 1.54) is 6.21 Å². The summed E-state index contributed by atoms with van der Waals surface area (Å²) in [6, 6.07) is 15.8. The van der Waals surface area contributed by atoms with E-state index in [4.69, 9.17) is 14.9 Å². The lowest BCUT2D eigenvalue weighted by molar-refractivity contribution is -0.154. The molecule has 0 aromatic heterocycles. The number of hydrogen-bond donors (Lipinski definition) is 1. The first kappa shape index (κ1) is 20.7. The van der Waals surface area contributed by atoms with Crippen LogP contribution in [0, 0.1) is 5.41 Å². The summed E-state index contributed by atoms with van der Waals surface area (Å²) >= 11 is 0. The molecule has 0 spiro atoms. The van der Waals surface area contributed by atoms with Gasteiger partial charge in [-0.2, -0.15) is 0 Å². The fraction of sp³-hybridized carbons (Fsp3) is 0.192. The van der Waals surface area contributed by atoms with Gasteiger partial charge in [0.25, 0.3) is 0 Å². The summed E-state index contributed by atoms with van der Waals surface area (Å²) in [5.41, 5.74) is 2.19. The topological polar surface area (TPSA) is 79.8 Å². The Labute approximate surface area is 180 Å². The third-order valence-corrected chi connectivity index (χ3v) is 5.43. The van der Waals surface area contributed by atoms with Crippen molar-refractivity contribution in [3.8, 4) is 0 Å². The zero-order valence-electron chi connectivity index (χ0n) is 17.3. The number of hydrogen-bond acceptors (Lipinski definition) is 5. The molecule has 31 heavy (non-hydrogen) atoms. The Morgan fingerprint density at radius 1 is 1.16 bits per heavy atom. The molecule has 1 fully saturated rings. The molecule has 3 aromatic carbocycles. The highest BCUT2D eigenvalue weighted by molar-refractivity contribution is 6.15. The third-order valence-electron chi connectivity index (χ3n) is 5.43. The van der Waals surface area contributed by atoms with Gasteiger partial charge in [0.15, 0.2) is 0 Å². The molecular weight excluding hydrogens is 390 g/mol. The Hall–Kier alpha value is -3.57. The molecule has 0 radical (unpaired) electrons. The molecule has 1 aliphatic rings. The largest absolute Gasteiger partial charge is 0.386 e. The predicted octanol–water partition coefficient (Wildman–Crippen LogP) is 5.20.